The van der Waals surface area contributed by atoms with Crippen LogP contribution in [0.15, 0.2) is 72.8 Å². The van der Waals surface area contributed by atoms with Crippen molar-refractivity contribution in [1.29, 1.82) is 0 Å². The summed E-state index contributed by atoms with van der Waals surface area (Å²) in [5, 5.41) is 2.88. The molecule has 0 aromatic heterocycles. The summed E-state index contributed by atoms with van der Waals surface area (Å²) in [4.78, 5) is 12.5. The first-order chi connectivity index (χ1) is 13.5. The molecule has 3 aromatic rings. The molecule has 0 bridgehead atoms. The molecule has 1 N–H and O–H groups in total. The molecule has 0 aliphatic heterocycles. The number of carbonyl (C=O) groups is 1. The molecule has 0 radical (unpaired) electrons. The lowest BCUT2D eigenvalue weighted by molar-refractivity contribution is -0.118. The van der Waals surface area contributed by atoms with Crippen LogP contribution in [0, 0.1) is 6.92 Å². The number of rotatable bonds is 7. The third-order valence-corrected chi connectivity index (χ3v) is 4.28. The van der Waals surface area contributed by atoms with E-state index in [1.807, 2.05) is 67.6 Å². The van der Waals surface area contributed by atoms with E-state index in [0.717, 1.165) is 16.9 Å². The van der Waals surface area contributed by atoms with Gasteiger partial charge in [-0.1, -0.05) is 56.3 Å². The van der Waals surface area contributed by atoms with Crippen LogP contribution >= 0.6 is 0 Å². The van der Waals surface area contributed by atoms with E-state index in [9.17, 15) is 4.79 Å². The van der Waals surface area contributed by atoms with Crippen molar-refractivity contribution in [1.82, 2.24) is 0 Å². The standard InChI is InChI=1S/C24H25NO3/c1-17(2)20-14-13-18(3)15-23(20)27-16-24(26)25-21-11-7-8-12-22(21)28-19-9-5-4-6-10-19/h4-15,17H,16H2,1-3H3,(H,25,26). The molecule has 0 aliphatic rings. The fourth-order valence-corrected chi connectivity index (χ4v) is 2.85. The average molecular weight is 375 g/mol. The summed E-state index contributed by atoms with van der Waals surface area (Å²) in [6.07, 6.45) is 0. The zero-order valence-corrected chi connectivity index (χ0v) is 16.4. The number of aryl methyl sites for hydroxylation is 1. The topological polar surface area (TPSA) is 47.6 Å². The summed E-state index contributed by atoms with van der Waals surface area (Å²) >= 11 is 0. The largest absolute Gasteiger partial charge is 0.483 e. The second-order valence-electron chi connectivity index (χ2n) is 6.94. The van der Waals surface area contributed by atoms with Gasteiger partial charge in [0.15, 0.2) is 12.4 Å². The van der Waals surface area contributed by atoms with E-state index in [1.165, 1.54) is 0 Å². The Hall–Kier alpha value is -3.27. The van der Waals surface area contributed by atoms with Crippen LogP contribution in [0.5, 0.6) is 17.2 Å². The maximum absolute atomic E-state index is 12.5. The highest BCUT2D eigenvalue weighted by Gasteiger charge is 2.12. The van der Waals surface area contributed by atoms with Crippen LogP contribution in [-0.4, -0.2) is 12.5 Å². The molecule has 1 amide bonds. The van der Waals surface area contributed by atoms with Gasteiger partial charge in [-0.05, 0) is 54.3 Å². The summed E-state index contributed by atoms with van der Waals surface area (Å²) in [6, 6.07) is 22.9. The van der Waals surface area contributed by atoms with Crippen LogP contribution in [0.4, 0.5) is 5.69 Å². The Labute approximate surface area is 166 Å². The Kier molecular flexibility index (Phi) is 6.33. The highest BCUT2D eigenvalue weighted by atomic mass is 16.5. The van der Waals surface area contributed by atoms with Gasteiger partial charge in [-0.15, -0.1) is 0 Å². The third-order valence-electron chi connectivity index (χ3n) is 4.28. The van der Waals surface area contributed by atoms with Crippen LogP contribution in [0.25, 0.3) is 0 Å². The van der Waals surface area contributed by atoms with Crippen molar-refractivity contribution in [2.24, 2.45) is 0 Å². The molecule has 4 nitrogen and oxygen atoms in total. The lowest BCUT2D eigenvalue weighted by Gasteiger charge is -2.15. The first-order valence-electron chi connectivity index (χ1n) is 9.38. The Morgan fingerprint density at radius 3 is 2.39 bits per heavy atom. The van der Waals surface area contributed by atoms with Gasteiger partial charge < -0.3 is 14.8 Å². The molecular formula is C24H25NO3. The Bertz CT molecular complexity index is 936. The lowest BCUT2D eigenvalue weighted by atomic mass is 10.0. The summed E-state index contributed by atoms with van der Waals surface area (Å²) in [5.74, 6) is 2.13. The lowest BCUT2D eigenvalue weighted by Crippen LogP contribution is -2.21. The Balaban J connectivity index is 1.67. The van der Waals surface area contributed by atoms with Gasteiger partial charge in [0.25, 0.3) is 5.91 Å². The fraction of sp³-hybridized carbons (Fsp3) is 0.208. The average Bonchev–Trinajstić information content (AvgIpc) is 2.68. The maximum Gasteiger partial charge on any atom is 0.262 e. The number of amides is 1. The molecular weight excluding hydrogens is 350 g/mol. The first-order valence-corrected chi connectivity index (χ1v) is 9.38. The molecule has 3 rings (SSSR count). The van der Waals surface area contributed by atoms with E-state index >= 15 is 0 Å². The third kappa shape index (κ3) is 5.13. The van der Waals surface area contributed by atoms with E-state index in [2.05, 4.69) is 31.3 Å². The smallest absolute Gasteiger partial charge is 0.262 e. The van der Waals surface area contributed by atoms with Crippen molar-refractivity contribution in [3.63, 3.8) is 0 Å². The molecule has 28 heavy (non-hydrogen) atoms. The zero-order chi connectivity index (χ0) is 19.9. The predicted molar refractivity (Wildman–Crippen MR) is 112 cm³/mol. The normalized spacial score (nSPS) is 10.6. The second-order valence-corrected chi connectivity index (χ2v) is 6.94. The zero-order valence-electron chi connectivity index (χ0n) is 16.4. The van der Waals surface area contributed by atoms with Crippen LogP contribution < -0.4 is 14.8 Å². The molecule has 0 atom stereocenters. The van der Waals surface area contributed by atoms with E-state index < -0.39 is 0 Å². The second kappa shape index (κ2) is 9.09. The van der Waals surface area contributed by atoms with Crippen LogP contribution in [0.2, 0.25) is 0 Å². The van der Waals surface area contributed by atoms with Crippen LogP contribution in [-0.2, 0) is 4.79 Å². The highest BCUT2D eigenvalue weighted by Crippen LogP contribution is 2.30. The number of para-hydroxylation sites is 3. The number of anilines is 1. The van der Waals surface area contributed by atoms with Crippen molar-refractivity contribution >= 4 is 11.6 Å². The monoisotopic (exact) mass is 375 g/mol. The van der Waals surface area contributed by atoms with Crippen molar-refractivity contribution < 1.29 is 14.3 Å². The molecule has 0 spiro atoms. The predicted octanol–water partition coefficient (Wildman–Crippen LogP) is 5.93. The van der Waals surface area contributed by atoms with Gasteiger partial charge in [-0.25, -0.2) is 0 Å². The molecule has 0 saturated carbocycles. The Morgan fingerprint density at radius 2 is 1.64 bits per heavy atom. The minimum Gasteiger partial charge on any atom is -0.483 e. The number of carbonyl (C=O) groups excluding carboxylic acids is 1. The highest BCUT2D eigenvalue weighted by molar-refractivity contribution is 5.93. The number of hydrogen-bond acceptors (Lipinski definition) is 3. The van der Waals surface area contributed by atoms with Gasteiger partial charge in [-0.3, -0.25) is 4.79 Å². The Morgan fingerprint density at radius 1 is 0.929 bits per heavy atom. The van der Waals surface area contributed by atoms with E-state index in [4.69, 9.17) is 9.47 Å². The quantitative estimate of drug-likeness (QED) is 0.557. The van der Waals surface area contributed by atoms with E-state index in [-0.39, 0.29) is 12.5 Å². The minimum atomic E-state index is -0.236. The van der Waals surface area contributed by atoms with Crippen molar-refractivity contribution in [3.8, 4) is 17.2 Å². The van der Waals surface area contributed by atoms with E-state index in [0.29, 0.717) is 23.1 Å². The number of ether oxygens (including phenoxy) is 2. The summed E-state index contributed by atoms with van der Waals surface area (Å²) in [5.41, 5.74) is 2.79. The number of nitrogens with one attached hydrogen (secondary N) is 1. The minimum absolute atomic E-state index is 0.0666. The van der Waals surface area contributed by atoms with Crippen molar-refractivity contribution in [2.75, 3.05) is 11.9 Å². The van der Waals surface area contributed by atoms with Gasteiger partial charge in [0.05, 0.1) is 5.69 Å². The first kappa shape index (κ1) is 19.5. The van der Waals surface area contributed by atoms with Crippen LogP contribution in [0.3, 0.4) is 0 Å². The SMILES string of the molecule is Cc1ccc(C(C)C)c(OCC(=O)Nc2ccccc2Oc2ccccc2)c1. The molecule has 3 aromatic carbocycles. The van der Waals surface area contributed by atoms with Gasteiger partial charge in [-0.2, -0.15) is 0 Å². The van der Waals surface area contributed by atoms with Gasteiger partial charge in [0, 0.05) is 0 Å². The summed E-state index contributed by atoms with van der Waals surface area (Å²) in [7, 11) is 0. The number of hydrogen-bond donors (Lipinski definition) is 1. The maximum atomic E-state index is 12.5. The molecule has 144 valence electrons. The molecule has 0 unspecified atom stereocenters. The van der Waals surface area contributed by atoms with Crippen molar-refractivity contribution in [3.05, 3.63) is 83.9 Å². The summed E-state index contributed by atoms with van der Waals surface area (Å²) < 4.78 is 11.7. The molecule has 0 fully saturated rings. The fourth-order valence-electron chi connectivity index (χ4n) is 2.85. The molecule has 0 saturated heterocycles. The van der Waals surface area contributed by atoms with Gasteiger partial charge in [0.2, 0.25) is 0 Å². The summed E-state index contributed by atoms with van der Waals surface area (Å²) in [6.45, 7) is 6.15. The van der Waals surface area contributed by atoms with Gasteiger partial charge in [0.1, 0.15) is 11.5 Å². The molecule has 0 aliphatic carbocycles. The van der Waals surface area contributed by atoms with Crippen LogP contribution in [0.1, 0.15) is 30.9 Å². The van der Waals surface area contributed by atoms with Crippen molar-refractivity contribution in [2.45, 2.75) is 26.7 Å². The van der Waals surface area contributed by atoms with Gasteiger partial charge >= 0.3 is 0 Å². The molecule has 4 heteroatoms. The molecule has 0 heterocycles. The number of benzene rings is 3. The van der Waals surface area contributed by atoms with E-state index in [1.54, 1.807) is 0 Å².